The Hall–Kier alpha value is -2.38. The minimum atomic E-state index is -0.567. The largest absolute Gasteiger partial charge is 0.352 e. The van der Waals surface area contributed by atoms with Crippen molar-refractivity contribution >= 4 is 40.2 Å². The number of thioether (sulfide) groups is 1. The maximum Gasteiger partial charge on any atom is 0.266 e. The summed E-state index contributed by atoms with van der Waals surface area (Å²) in [5.41, 5.74) is 0.649. The summed E-state index contributed by atoms with van der Waals surface area (Å²) in [5, 5.41) is 3.83. The fourth-order valence-electron chi connectivity index (χ4n) is 3.97. The van der Waals surface area contributed by atoms with Gasteiger partial charge in [-0.05, 0) is 49.1 Å². The molecule has 2 unspecified atom stereocenters. The minimum absolute atomic E-state index is 0.0856. The summed E-state index contributed by atoms with van der Waals surface area (Å²) in [4.78, 5) is 30.4. The number of amides is 1. The normalized spacial score (nSPS) is 18.8. The van der Waals surface area contributed by atoms with Crippen molar-refractivity contribution in [1.29, 1.82) is 0 Å². The molecule has 0 aliphatic heterocycles. The molecule has 0 radical (unpaired) electrons. The highest BCUT2D eigenvalue weighted by atomic mass is 35.5. The zero-order valence-electron chi connectivity index (χ0n) is 17.1. The van der Waals surface area contributed by atoms with E-state index < -0.39 is 5.82 Å². The number of nitrogens with one attached hydrogen (secondary N) is 1. The topological polar surface area (TPSA) is 64.0 Å². The van der Waals surface area contributed by atoms with E-state index in [-0.39, 0.29) is 28.3 Å². The Morgan fingerprint density at radius 2 is 2.03 bits per heavy atom. The van der Waals surface area contributed by atoms with Gasteiger partial charge in [-0.15, -0.1) is 0 Å². The lowest BCUT2D eigenvalue weighted by molar-refractivity contribution is -0.119. The molecule has 0 saturated heterocycles. The van der Waals surface area contributed by atoms with Crippen LogP contribution in [0.1, 0.15) is 32.6 Å². The number of fused-ring (bicyclic) bond motifs is 1. The molecular weight excluding hydrogens is 437 g/mol. The molecule has 3 aromatic rings. The highest BCUT2D eigenvalue weighted by molar-refractivity contribution is 7.99. The van der Waals surface area contributed by atoms with Gasteiger partial charge in [0.2, 0.25) is 5.91 Å². The van der Waals surface area contributed by atoms with Crippen LogP contribution in [0.3, 0.4) is 0 Å². The average Bonchev–Trinajstić information content (AvgIpc) is 2.76. The Labute approximate surface area is 189 Å². The first-order valence-electron chi connectivity index (χ1n) is 10.3. The van der Waals surface area contributed by atoms with E-state index in [9.17, 15) is 14.0 Å². The number of benzene rings is 2. The van der Waals surface area contributed by atoms with Crippen LogP contribution in [0.2, 0.25) is 5.02 Å². The van der Waals surface area contributed by atoms with Gasteiger partial charge in [0, 0.05) is 6.04 Å². The molecule has 4 rings (SSSR count). The van der Waals surface area contributed by atoms with Gasteiger partial charge in [-0.3, -0.25) is 14.2 Å². The summed E-state index contributed by atoms with van der Waals surface area (Å²) in [6.45, 7) is 2.16. The molecule has 2 atom stereocenters. The lowest BCUT2D eigenvalue weighted by Crippen LogP contribution is -2.41. The molecule has 8 heteroatoms. The Kier molecular flexibility index (Phi) is 6.62. The van der Waals surface area contributed by atoms with Gasteiger partial charge >= 0.3 is 0 Å². The van der Waals surface area contributed by atoms with Crippen LogP contribution in [-0.2, 0) is 4.79 Å². The molecule has 1 saturated carbocycles. The van der Waals surface area contributed by atoms with E-state index in [1.807, 2.05) is 0 Å². The quantitative estimate of drug-likeness (QED) is 0.432. The standard InChI is InChI=1S/C23H23ClFN3O2S/c1-14-6-2-4-8-19(14)26-21(29)13-31-23-27-20-9-5-3-7-16(20)22(30)28(23)15-10-11-18(25)17(24)12-15/h3,5,7,9-12,14,19H,2,4,6,8,13H2,1H3,(H,26,29). The van der Waals surface area contributed by atoms with Crippen molar-refractivity contribution in [2.45, 2.75) is 43.8 Å². The number of hydrogen-bond acceptors (Lipinski definition) is 4. The Bertz CT molecular complexity index is 1180. The van der Waals surface area contributed by atoms with Gasteiger partial charge in [0.25, 0.3) is 5.56 Å². The van der Waals surface area contributed by atoms with Gasteiger partial charge in [0.1, 0.15) is 5.82 Å². The van der Waals surface area contributed by atoms with Gasteiger partial charge in [-0.1, -0.05) is 55.3 Å². The molecular formula is C23H23ClFN3O2S. The van der Waals surface area contributed by atoms with Gasteiger partial charge in [0.15, 0.2) is 5.16 Å². The maximum absolute atomic E-state index is 13.7. The lowest BCUT2D eigenvalue weighted by Gasteiger charge is -2.29. The van der Waals surface area contributed by atoms with E-state index in [2.05, 4.69) is 17.2 Å². The third-order valence-electron chi connectivity index (χ3n) is 5.70. The number of carbonyl (C=O) groups excluding carboxylic acids is 1. The van der Waals surface area contributed by atoms with Crippen LogP contribution in [-0.4, -0.2) is 27.3 Å². The number of para-hydroxylation sites is 1. The summed E-state index contributed by atoms with van der Waals surface area (Å²) < 4.78 is 15.1. The van der Waals surface area contributed by atoms with E-state index >= 15 is 0 Å². The molecule has 0 spiro atoms. The number of rotatable bonds is 5. The first kappa shape index (κ1) is 21.8. The zero-order valence-corrected chi connectivity index (χ0v) is 18.7. The van der Waals surface area contributed by atoms with Crippen molar-refractivity contribution < 1.29 is 9.18 Å². The van der Waals surface area contributed by atoms with Crippen LogP contribution < -0.4 is 10.9 Å². The predicted molar refractivity (Wildman–Crippen MR) is 123 cm³/mol. The Morgan fingerprint density at radius 1 is 1.26 bits per heavy atom. The Morgan fingerprint density at radius 3 is 2.81 bits per heavy atom. The summed E-state index contributed by atoms with van der Waals surface area (Å²) in [6.07, 6.45) is 4.44. The minimum Gasteiger partial charge on any atom is -0.352 e. The number of carbonyl (C=O) groups is 1. The molecule has 1 N–H and O–H groups in total. The van der Waals surface area contributed by atoms with E-state index in [0.717, 1.165) is 19.3 Å². The van der Waals surface area contributed by atoms with Crippen molar-refractivity contribution in [3.05, 3.63) is 63.7 Å². The number of hydrogen-bond donors (Lipinski definition) is 1. The summed E-state index contributed by atoms with van der Waals surface area (Å²) in [5.74, 6) is -0.0681. The number of halogens is 2. The van der Waals surface area contributed by atoms with E-state index in [1.165, 1.54) is 40.9 Å². The monoisotopic (exact) mass is 459 g/mol. The second kappa shape index (κ2) is 9.40. The first-order valence-corrected chi connectivity index (χ1v) is 11.7. The first-order chi connectivity index (χ1) is 14.9. The summed E-state index contributed by atoms with van der Waals surface area (Å²) >= 11 is 7.14. The molecule has 31 heavy (non-hydrogen) atoms. The van der Waals surface area contributed by atoms with Crippen LogP contribution in [0.5, 0.6) is 0 Å². The summed E-state index contributed by atoms with van der Waals surface area (Å²) in [6, 6.07) is 11.3. The molecule has 1 aliphatic carbocycles. The zero-order chi connectivity index (χ0) is 22.0. The SMILES string of the molecule is CC1CCCCC1NC(=O)CSc1nc2ccccc2c(=O)n1-c1ccc(F)c(Cl)c1. The molecule has 162 valence electrons. The fourth-order valence-corrected chi connectivity index (χ4v) is 4.97. The van der Waals surface area contributed by atoms with Crippen LogP contribution >= 0.6 is 23.4 Å². The third kappa shape index (κ3) is 4.77. The number of nitrogens with zero attached hydrogens (tertiary/aromatic N) is 2. The molecule has 1 heterocycles. The summed E-state index contributed by atoms with van der Waals surface area (Å²) in [7, 11) is 0. The van der Waals surface area contributed by atoms with Gasteiger partial charge in [0.05, 0.1) is 27.4 Å². The van der Waals surface area contributed by atoms with Crippen LogP contribution in [0.25, 0.3) is 16.6 Å². The van der Waals surface area contributed by atoms with Crippen molar-refractivity contribution in [3.63, 3.8) is 0 Å². The Balaban J connectivity index is 1.65. The molecule has 2 aromatic carbocycles. The van der Waals surface area contributed by atoms with Crippen LogP contribution in [0.4, 0.5) is 4.39 Å². The predicted octanol–water partition coefficient (Wildman–Crippen LogP) is 4.97. The van der Waals surface area contributed by atoms with E-state index in [1.54, 1.807) is 24.3 Å². The second-order valence-electron chi connectivity index (χ2n) is 7.87. The van der Waals surface area contributed by atoms with Crippen molar-refractivity contribution in [2.24, 2.45) is 5.92 Å². The molecule has 1 aliphatic rings. The average molecular weight is 460 g/mol. The van der Waals surface area contributed by atoms with Gasteiger partial charge < -0.3 is 5.32 Å². The smallest absolute Gasteiger partial charge is 0.266 e. The molecule has 1 fully saturated rings. The maximum atomic E-state index is 13.7. The molecule has 5 nitrogen and oxygen atoms in total. The van der Waals surface area contributed by atoms with Crippen molar-refractivity contribution in [3.8, 4) is 5.69 Å². The van der Waals surface area contributed by atoms with Crippen LogP contribution in [0, 0.1) is 11.7 Å². The van der Waals surface area contributed by atoms with Gasteiger partial charge in [-0.25, -0.2) is 9.37 Å². The van der Waals surface area contributed by atoms with Gasteiger partial charge in [-0.2, -0.15) is 0 Å². The van der Waals surface area contributed by atoms with Crippen LogP contribution in [0.15, 0.2) is 52.4 Å². The number of aromatic nitrogens is 2. The molecule has 1 amide bonds. The van der Waals surface area contributed by atoms with Crippen molar-refractivity contribution in [2.75, 3.05) is 5.75 Å². The molecule has 1 aromatic heterocycles. The van der Waals surface area contributed by atoms with Crippen molar-refractivity contribution in [1.82, 2.24) is 14.9 Å². The molecule has 0 bridgehead atoms. The highest BCUT2D eigenvalue weighted by Crippen LogP contribution is 2.26. The van der Waals surface area contributed by atoms with E-state index in [0.29, 0.717) is 27.7 Å². The highest BCUT2D eigenvalue weighted by Gasteiger charge is 2.23. The second-order valence-corrected chi connectivity index (χ2v) is 9.22. The van der Waals surface area contributed by atoms with E-state index in [4.69, 9.17) is 11.6 Å². The fraction of sp³-hybridized carbons (Fsp3) is 0.348. The lowest BCUT2D eigenvalue weighted by atomic mass is 9.86. The third-order valence-corrected chi connectivity index (χ3v) is 6.92.